The van der Waals surface area contributed by atoms with Gasteiger partial charge in [-0.15, -0.1) is 11.8 Å². The molecule has 0 bridgehead atoms. The molecule has 0 unspecified atom stereocenters. The number of rotatable bonds is 8. The normalized spacial score (nSPS) is 13.6. The Morgan fingerprint density at radius 3 is 2.53 bits per heavy atom. The Morgan fingerprint density at radius 2 is 2.11 bits per heavy atom. The molecule has 0 radical (unpaired) electrons. The van der Waals surface area contributed by atoms with Gasteiger partial charge in [0.05, 0.1) is 16.7 Å². The average molecular weight is 278 g/mol. The van der Waals surface area contributed by atoms with E-state index in [0.29, 0.717) is 0 Å². The lowest BCUT2D eigenvalue weighted by Gasteiger charge is -2.14. The fourth-order valence-corrected chi connectivity index (χ4v) is 2.42. The van der Waals surface area contributed by atoms with Gasteiger partial charge in [0, 0.05) is 6.54 Å². The molecule has 0 atom stereocenters. The number of nitrogens with one attached hydrogen (secondary N) is 1. The van der Waals surface area contributed by atoms with Crippen LogP contribution in [0.4, 0.5) is 0 Å². The minimum Gasteiger partial charge on any atom is -0.375 e. The van der Waals surface area contributed by atoms with Crippen molar-refractivity contribution in [1.82, 2.24) is 5.32 Å². The summed E-state index contributed by atoms with van der Waals surface area (Å²) in [6.45, 7) is 9.13. The molecule has 2 nitrogen and oxygen atoms in total. The molecule has 0 aromatic carbocycles. The maximum Gasteiger partial charge on any atom is 0.0977 e. The topological polar surface area (TPSA) is 35.8 Å². The second-order valence-corrected chi connectivity index (χ2v) is 5.48. The van der Waals surface area contributed by atoms with Crippen LogP contribution in [0.25, 0.3) is 0 Å². The Balaban J connectivity index is 4.86. The summed E-state index contributed by atoms with van der Waals surface area (Å²) in [7, 11) is 0. The first-order chi connectivity index (χ1) is 9.10. The largest absolute Gasteiger partial charge is 0.375 e. The van der Waals surface area contributed by atoms with Gasteiger partial charge in [0.2, 0.25) is 0 Å². The Hall–Kier alpha value is -1.14. The average Bonchev–Trinajstić information content (AvgIpc) is 2.39. The van der Waals surface area contributed by atoms with Gasteiger partial charge in [0.25, 0.3) is 0 Å². The first-order valence-corrected chi connectivity index (χ1v) is 8.05. The number of nitrogens with zero attached hydrogens (tertiary/aromatic N) is 1. The van der Waals surface area contributed by atoms with E-state index in [1.165, 1.54) is 5.57 Å². The van der Waals surface area contributed by atoms with Crippen molar-refractivity contribution in [3.05, 3.63) is 34.4 Å². The number of nitriles is 1. The lowest BCUT2D eigenvalue weighted by Crippen LogP contribution is -2.17. The third-order valence-electron chi connectivity index (χ3n) is 2.72. The van der Waals surface area contributed by atoms with E-state index in [2.05, 4.69) is 44.3 Å². The molecular weight excluding hydrogens is 252 g/mol. The van der Waals surface area contributed by atoms with E-state index in [1.54, 1.807) is 11.8 Å². The number of hydrogen-bond acceptors (Lipinski definition) is 3. The van der Waals surface area contributed by atoms with Crippen LogP contribution in [0.1, 0.15) is 40.5 Å². The monoisotopic (exact) mass is 278 g/mol. The summed E-state index contributed by atoms with van der Waals surface area (Å²) in [4.78, 5) is 0. The van der Waals surface area contributed by atoms with E-state index in [0.717, 1.165) is 30.0 Å². The highest BCUT2D eigenvalue weighted by molar-refractivity contribution is 8.02. The summed E-state index contributed by atoms with van der Waals surface area (Å²) in [6.07, 6.45) is 10.5. The lowest BCUT2D eigenvalue weighted by atomic mass is 10.1. The van der Waals surface area contributed by atoms with E-state index in [4.69, 9.17) is 0 Å². The van der Waals surface area contributed by atoms with E-state index in [1.807, 2.05) is 19.3 Å². The van der Waals surface area contributed by atoms with Gasteiger partial charge in [0.15, 0.2) is 0 Å². The van der Waals surface area contributed by atoms with Crippen LogP contribution in [0.5, 0.6) is 0 Å². The van der Waals surface area contributed by atoms with Gasteiger partial charge in [-0.1, -0.05) is 51.0 Å². The molecule has 0 saturated heterocycles. The second-order valence-electron chi connectivity index (χ2n) is 4.67. The Labute approximate surface area is 122 Å². The number of hydrogen-bond donors (Lipinski definition) is 1. The van der Waals surface area contributed by atoms with Crippen molar-refractivity contribution < 1.29 is 0 Å². The van der Waals surface area contributed by atoms with Crippen LogP contribution in [-0.4, -0.2) is 12.8 Å². The van der Waals surface area contributed by atoms with E-state index in [-0.39, 0.29) is 5.92 Å². The van der Waals surface area contributed by atoms with E-state index in [9.17, 15) is 5.26 Å². The standard InChI is InChI=1S/C16H26N2S/c1-6-8-10-14(9-7-2)12-18-16(19-5)15(11-17)13(3)4/h6,8,10,13,18H,7,9,12H2,1-5H3/b8-6-,14-10+,16-15+. The SMILES string of the molecule is C/C=C\C=C(/CCC)CN/C(SC)=C(/C#N)C(C)C. The van der Waals surface area contributed by atoms with Gasteiger partial charge in [-0.25, -0.2) is 0 Å². The van der Waals surface area contributed by atoms with Crippen molar-refractivity contribution in [3.8, 4) is 6.07 Å². The van der Waals surface area contributed by atoms with Crippen LogP contribution in [0, 0.1) is 17.2 Å². The third kappa shape index (κ3) is 7.12. The van der Waals surface area contributed by atoms with Crippen molar-refractivity contribution in [1.29, 1.82) is 5.26 Å². The second kappa shape index (κ2) is 10.8. The fourth-order valence-electron chi connectivity index (χ4n) is 1.70. The summed E-state index contributed by atoms with van der Waals surface area (Å²) < 4.78 is 0. The molecule has 0 saturated carbocycles. The van der Waals surface area contributed by atoms with Crippen LogP contribution < -0.4 is 5.32 Å². The molecule has 0 amide bonds. The van der Waals surface area contributed by atoms with Gasteiger partial charge in [-0.2, -0.15) is 5.26 Å². The molecule has 0 aliphatic heterocycles. The maximum absolute atomic E-state index is 9.22. The van der Waals surface area contributed by atoms with Crippen molar-refractivity contribution in [2.75, 3.05) is 12.8 Å². The van der Waals surface area contributed by atoms with Crippen molar-refractivity contribution in [3.63, 3.8) is 0 Å². The zero-order valence-electron chi connectivity index (χ0n) is 12.8. The van der Waals surface area contributed by atoms with Crippen molar-refractivity contribution >= 4 is 11.8 Å². The minimum absolute atomic E-state index is 0.258. The van der Waals surface area contributed by atoms with Crippen LogP contribution in [0.2, 0.25) is 0 Å². The molecule has 19 heavy (non-hydrogen) atoms. The van der Waals surface area contributed by atoms with Crippen LogP contribution in [-0.2, 0) is 0 Å². The van der Waals surface area contributed by atoms with Crippen molar-refractivity contribution in [2.24, 2.45) is 5.92 Å². The molecule has 0 heterocycles. The summed E-state index contributed by atoms with van der Waals surface area (Å²) in [5.41, 5.74) is 2.21. The smallest absolute Gasteiger partial charge is 0.0977 e. The van der Waals surface area contributed by atoms with Crippen molar-refractivity contribution in [2.45, 2.75) is 40.5 Å². The highest BCUT2D eigenvalue weighted by atomic mass is 32.2. The van der Waals surface area contributed by atoms with Gasteiger partial charge < -0.3 is 5.32 Å². The molecule has 0 spiro atoms. The quantitative estimate of drug-likeness (QED) is 0.519. The van der Waals surface area contributed by atoms with Gasteiger partial charge in [0.1, 0.15) is 0 Å². The minimum atomic E-state index is 0.258. The highest BCUT2D eigenvalue weighted by Crippen LogP contribution is 2.20. The fraction of sp³-hybridized carbons (Fsp3) is 0.562. The first kappa shape index (κ1) is 17.9. The van der Waals surface area contributed by atoms with Gasteiger partial charge in [-0.05, 0) is 25.5 Å². The first-order valence-electron chi connectivity index (χ1n) is 6.83. The molecule has 0 rings (SSSR count). The predicted molar refractivity (Wildman–Crippen MR) is 86.8 cm³/mol. The molecule has 0 fully saturated rings. The molecule has 0 aromatic heterocycles. The van der Waals surface area contributed by atoms with Crippen LogP contribution in [0.3, 0.4) is 0 Å². The highest BCUT2D eigenvalue weighted by Gasteiger charge is 2.09. The van der Waals surface area contributed by atoms with E-state index < -0.39 is 0 Å². The van der Waals surface area contributed by atoms with Crippen LogP contribution in [0.15, 0.2) is 34.4 Å². The molecule has 0 aromatic rings. The molecular formula is C16H26N2S. The summed E-state index contributed by atoms with van der Waals surface area (Å²) in [5.74, 6) is 0.258. The Morgan fingerprint density at radius 1 is 1.42 bits per heavy atom. The Kier molecular flexibility index (Phi) is 10.1. The van der Waals surface area contributed by atoms with E-state index >= 15 is 0 Å². The summed E-state index contributed by atoms with van der Waals surface area (Å²) in [5, 5.41) is 13.6. The summed E-state index contributed by atoms with van der Waals surface area (Å²) >= 11 is 1.62. The molecule has 0 aliphatic carbocycles. The molecule has 106 valence electrons. The predicted octanol–water partition coefficient (Wildman–Crippen LogP) is 4.63. The summed E-state index contributed by atoms with van der Waals surface area (Å²) in [6, 6.07) is 2.31. The zero-order chi connectivity index (χ0) is 14.7. The molecule has 3 heteroatoms. The number of thioether (sulfide) groups is 1. The zero-order valence-corrected chi connectivity index (χ0v) is 13.6. The molecule has 1 N–H and O–H groups in total. The maximum atomic E-state index is 9.22. The third-order valence-corrected chi connectivity index (χ3v) is 3.49. The van der Waals surface area contributed by atoms with Gasteiger partial charge in [-0.3, -0.25) is 0 Å². The van der Waals surface area contributed by atoms with Crippen LogP contribution >= 0.6 is 11.8 Å². The lowest BCUT2D eigenvalue weighted by molar-refractivity contribution is 0.761. The Bertz CT molecular complexity index is 384. The molecule has 0 aliphatic rings. The van der Waals surface area contributed by atoms with Gasteiger partial charge >= 0.3 is 0 Å². The number of allylic oxidation sites excluding steroid dienone is 4.